The molecule has 1 rings (SSSR count). The maximum Gasteiger partial charge on any atom is 0.338 e. The second-order valence-corrected chi connectivity index (χ2v) is 3.21. The molecule has 0 spiro atoms. The first-order valence-electron chi connectivity index (χ1n) is 5.03. The SMILES string of the molecule is C=CC(=O)OCCOC(=O)c1ccc(O)c(O)c1. The van der Waals surface area contributed by atoms with Crippen LogP contribution in [0.4, 0.5) is 0 Å². The molecule has 6 heteroatoms. The summed E-state index contributed by atoms with van der Waals surface area (Å²) in [6.45, 7) is 3.01. The highest BCUT2D eigenvalue weighted by atomic mass is 16.6. The molecule has 18 heavy (non-hydrogen) atoms. The number of carbonyl (C=O) groups is 2. The van der Waals surface area contributed by atoms with Gasteiger partial charge in [0.1, 0.15) is 13.2 Å². The first kappa shape index (κ1) is 13.6. The maximum atomic E-state index is 11.4. The third kappa shape index (κ3) is 3.82. The van der Waals surface area contributed by atoms with Gasteiger partial charge in [-0.2, -0.15) is 0 Å². The van der Waals surface area contributed by atoms with Crippen molar-refractivity contribution < 1.29 is 29.3 Å². The van der Waals surface area contributed by atoms with Gasteiger partial charge in [0.2, 0.25) is 0 Å². The summed E-state index contributed by atoms with van der Waals surface area (Å²) in [6, 6.07) is 3.55. The zero-order valence-corrected chi connectivity index (χ0v) is 9.46. The standard InChI is InChI=1S/C12H12O6/c1-2-11(15)17-5-6-18-12(16)8-3-4-9(13)10(14)7-8/h2-4,7,13-14H,1,5-6H2. The molecule has 0 aliphatic rings. The van der Waals surface area contributed by atoms with E-state index in [0.717, 1.165) is 12.1 Å². The van der Waals surface area contributed by atoms with Gasteiger partial charge in [-0.15, -0.1) is 0 Å². The minimum Gasteiger partial charge on any atom is -0.504 e. The molecule has 6 nitrogen and oxygen atoms in total. The third-order valence-electron chi connectivity index (χ3n) is 1.94. The average Bonchev–Trinajstić information content (AvgIpc) is 2.37. The number of phenols is 2. The van der Waals surface area contributed by atoms with Crippen LogP contribution in [0.5, 0.6) is 11.5 Å². The minimum absolute atomic E-state index is 0.0827. The molecule has 0 bridgehead atoms. The van der Waals surface area contributed by atoms with Crippen LogP contribution in [0.3, 0.4) is 0 Å². The van der Waals surface area contributed by atoms with Gasteiger partial charge in [0.25, 0.3) is 0 Å². The highest BCUT2D eigenvalue weighted by molar-refractivity contribution is 5.90. The van der Waals surface area contributed by atoms with E-state index in [2.05, 4.69) is 11.3 Å². The Balaban J connectivity index is 2.43. The number of benzene rings is 1. The second-order valence-electron chi connectivity index (χ2n) is 3.21. The molecule has 0 heterocycles. The Labute approximate surface area is 103 Å². The summed E-state index contributed by atoms with van der Waals surface area (Å²) in [4.78, 5) is 22.1. The van der Waals surface area contributed by atoms with Crippen LogP contribution in [0.2, 0.25) is 0 Å². The zero-order valence-electron chi connectivity index (χ0n) is 9.46. The van der Waals surface area contributed by atoms with Gasteiger partial charge in [-0.05, 0) is 18.2 Å². The fourth-order valence-electron chi connectivity index (χ4n) is 1.07. The smallest absolute Gasteiger partial charge is 0.338 e. The van der Waals surface area contributed by atoms with E-state index in [-0.39, 0.29) is 24.5 Å². The Morgan fingerprint density at radius 1 is 1.17 bits per heavy atom. The average molecular weight is 252 g/mol. The molecule has 0 radical (unpaired) electrons. The number of aromatic hydroxyl groups is 2. The largest absolute Gasteiger partial charge is 0.504 e. The highest BCUT2D eigenvalue weighted by Crippen LogP contribution is 2.25. The first-order chi connectivity index (χ1) is 8.54. The molecule has 0 saturated carbocycles. The molecular weight excluding hydrogens is 240 g/mol. The van der Waals surface area contributed by atoms with Crippen LogP contribution in [-0.4, -0.2) is 35.4 Å². The monoisotopic (exact) mass is 252 g/mol. The van der Waals surface area contributed by atoms with Crippen LogP contribution in [0.15, 0.2) is 30.9 Å². The van der Waals surface area contributed by atoms with E-state index >= 15 is 0 Å². The molecule has 0 atom stereocenters. The van der Waals surface area contributed by atoms with E-state index in [1.807, 2.05) is 0 Å². The fourth-order valence-corrected chi connectivity index (χ4v) is 1.07. The van der Waals surface area contributed by atoms with Gasteiger partial charge in [0.05, 0.1) is 5.56 Å². The predicted molar refractivity (Wildman–Crippen MR) is 61.2 cm³/mol. The molecule has 0 aliphatic heterocycles. The topological polar surface area (TPSA) is 93.1 Å². The quantitative estimate of drug-likeness (QED) is 0.351. The molecule has 0 unspecified atom stereocenters. The third-order valence-corrected chi connectivity index (χ3v) is 1.94. The summed E-state index contributed by atoms with van der Waals surface area (Å²) in [7, 11) is 0. The van der Waals surface area contributed by atoms with Gasteiger partial charge in [0.15, 0.2) is 11.5 Å². The van der Waals surface area contributed by atoms with Crippen LogP contribution in [-0.2, 0) is 14.3 Å². The summed E-state index contributed by atoms with van der Waals surface area (Å²) in [5.41, 5.74) is 0.0837. The van der Waals surface area contributed by atoms with Crippen molar-refractivity contribution >= 4 is 11.9 Å². The Kier molecular flexibility index (Phi) is 4.74. The molecule has 0 fully saturated rings. The maximum absolute atomic E-state index is 11.4. The lowest BCUT2D eigenvalue weighted by molar-refractivity contribution is -0.138. The normalized spacial score (nSPS) is 9.56. The molecule has 1 aromatic rings. The molecular formula is C12H12O6. The molecule has 0 aliphatic carbocycles. The van der Waals surface area contributed by atoms with Gasteiger partial charge < -0.3 is 19.7 Å². The Morgan fingerprint density at radius 2 is 1.83 bits per heavy atom. The molecule has 0 saturated heterocycles. The fraction of sp³-hybridized carbons (Fsp3) is 0.167. The minimum atomic E-state index is -0.694. The first-order valence-corrected chi connectivity index (χ1v) is 5.03. The molecule has 0 amide bonds. The van der Waals surface area contributed by atoms with E-state index in [1.54, 1.807) is 0 Å². The van der Waals surface area contributed by atoms with E-state index < -0.39 is 17.7 Å². The van der Waals surface area contributed by atoms with Crippen molar-refractivity contribution in [2.75, 3.05) is 13.2 Å². The summed E-state index contributed by atoms with van der Waals surface area (Å²) < 4.78 is 9.37. The van der Waals surface area contributed by atoms with Crippen molar-refractivity contribution in [3.8, 4) is 11.5 Å². The number of esters is 2. The highest BCUT2D eigenvalue weighted by Gasteiger charge is 2.10. The van der Waals surface area contributed by atoms with E-state index in [9.17, 15) is 14.7 Å². The predicted octanol–water partition coefficient (Wildman–Crippen LogP) is 0.984. The van der Waals surface area contributed by atoms with E-state index in [0.29, 0.717) is 0 Å². The van der Waals surface area contributed by atoms with E-state index in [1.165, 1.54) is 12.1 Å². The molecule has 1 aromatic carbocycles. The Hall–Kier alpha value is -2.50. The van der Waals surface area contributed by atoms with Crippen molar-refractivity contribution in [1.29, 1.82) is 0 Å². The zero-order chi connectivity index (χ0) is 13.5. The van der Waals surface area contributed by atoms with E-state index in [4.69, 9.17) is 9.84 Å². The van der Waals surface area contributed by atoms with Gasteiger partial charge in [-0.1, -0.05) is 6.58 Å². The Morgan fingerprint density at radius 3 is 2.44 bits per heavy atom. The number of rotatable bonds is 5. The lowest BCUT2D eigenvalue weighted by Gasteiger charge is -2.05. The van der Waals surface area contributed by atoms with Gasteiger partial charge >= 0.3 is 11.9 Å². The van der Waals surface area contributed by atoms with Crippen LogP contribution >= 0.6 is 0 Å². The van der Waals surface area contributed by atoms with Crippen LogP contribution in [0, 0.1) is 0 Å². The lowest BCUT2D eigenvalue weighted by Crippen LogP contribution is -2.12. The lowest BCUT2D eigenvalue weighted by atomic mass is 10.2. The van der Waals surface area contributed by atoms with Crippen molar-refractivity contribution in [2.24, 2.45) is 0 Å². The Bertz CT molecular complexity index is 466. The number of phenolic OH excluding ortho intramolecular Hbond substituents is 2. The van der Waals surface area contributed by atoms with Gasteiger partial charge in [-0.3, -0.25) is 0 Å². The number of carbonyl (C=O) groups excluding carboxylic acids is 2. The van der Waals surface area contributed by atoms with Crippen LogP contribution in [0.1, 0.15) is 10.4 Å². The van der Waals surface area contributed by atoms with Crippen LogP contribution in [0.25, 0.3) is 0 Å². The second kappa shape index (κ2) is 6.29. The summed E-state index contributed by atoms with van der Waals surface area (Å²) >= 11 is 0. The number of hydrogen-bond acceptors (Lipinski definition) is 6. The van der Waals surface area contributed by atoms with Crippen molar-refractivity contribution in [2.45, 2.75) is 0 Å². The van der Waals surface area contributed by atoms with Gasteiger partial charge in [-0.25, -0.2) is 9.59 Å². The molecule has 0 aromatic heterocycles. The summed E-state index contributed by atoms with van der Waals surface area (Å²) in [5.74, 6) is -2.04. The molecule has 2 N–H and O–H groups in total. The number of hydrogen-bond donors (Lipinski definition) is 2. The van der Waals surface area contributed by atoms with Crippen molar-refractivity contribution in [1.82, 2.24) is 0 Å². The van der Waals surface area contributed by atoms with Crippen molar-refractivity contribution in [3.05, 3.63) is 36.4 Å². The number of ether oxygens (including phenoxy) is 2. The summed E-state index contributed by atoms with van der Waals surface area (Å²) in [6.07, 6.45) is 1.000. The molecule has 96 valence electrons. The van der Waals surface area contributed by atoms with Gasteiger partial charge in [0, 0.05) is 6.08 Å². The van der Waals surface area contributed by atoms with Crippen molar-refractivity contribution in [3.63, 3.8) is 0 Å². The van der Waals surface area contributed by atoms with Crippen LogP contribution < -0.4 is 0 Å². The summed E-state index contributed by atoms with van der Waals surface area (Å²) in [5, 5.41) is 18.2.